The van der Waals surface area contributed by atoms with E-state index >= 15 is 4.39 Å². The summed E-state index contributed by atoms with van der Waals surface area (Å²) in [6, 6.07) is 6.78. The van der Waals surface area contributed by atoms with E-state index in [9.17, 15) is 19.5 Å². The normalized spacial score (nSPS) is 17.3. The molecule has 2 aromatic carbocycles. The Labute approximate surface area is 294 Å². The van der Waals surface area contributed by atoms with E-state index in [2.05, 4.69) is 0 Å². The van der Waals surface area contributed by atoms with Gasteiger partial charge in [-0.15, -0.1) is 0 Å². The van der Waals surface area contributed by atoms with Gasteiger partial charge in [-0.2, -0.15) is 0 Å². The van der Waals surface area contributed by atoms with Crippen molar-refractivity contribution < 1.29 is 38.1 Å². The number of carbonyl (C=O) groups is 3. The summed E-state index contributed by atoms with van der Waals surface area (Å²) in [5.41, 5.74) is 0.304. The molecule has 2 saturated heterocycles. The molecular weight excluding hydrogens is 653 g/mol. The first-order valence-corrected chi connectivity index (χ1v) is 17.6. The standard InChI is InChI=1S/C37H51ClFN3O7/c1-24(2)42(27-9-7-14-41(22-27)36(46)49-37(3,4)5)35(45)30-21-33(48-18-8-17-47-6)29(20-31(30)38)28-19-26(10-11-32(28)39)34(44)40-15-12-25(23-43)13-16-40/h10-11,19-21,24-25,27,43H,7-9,12-18,22-23H2,1-6H3/t27-/m1/s1. The van der Waals surface area contributed by atoms with Crippen molar-refractivity contribution in [1.29, 1.82) is 0 Å². The van der Waals surface area contributed by atoms with Crippen molar-refractivity contribution in [2.45, 2.75) is 84.4 Å². The maximum absolute atomic E-state index is 15.6. The zero-order chi connectivity index (χ0) is 35.9. The van der Waals surface area contributed by atoms with Gasteiger partial charge in [0.25, 0.3) is 11.8 Å². The Morgan fingerprint density at radius 3 is 2.37 bits per heavy atom. The van der Waals surface area contributed by atoms with E-state index < -0.39 is 17.5 Å². The second-order valence-corrected chi connectivity index (χ2v) is 14.6. The molecule has 0 unspecified atom stereocenters. The van der Waals surface area contributed by atoms with E-state index in [4.69, 9.17) is 25.8 Å². The van der Waals surface area contributed by atoms with Crippen LogP contribution in [0.4, 0.5) is 9.18 Å². The van der Waals surface area contributed by atoms with Crippen LogP contribution in [0.15, 0.2) is 30.3 Å². The van der Waals surface area contributed by atoms with E-state index in [1.807, 2.05) is 34.6 Å². The van der Waals surface area contributed by atoms with Gasteiger partial charge in [-0.3, -0.25) is 9.59 Å². The number of methoxy groups -OCH3 is 1. The lowest BCUT2D eigenvalue weighted by molar-refractivity contribution is 0.00752. The minimum atomic E-state index is -0.643. The highest BCUT2D eigenvalue weighted by molar-refractivity contribution is 6.34. The number of halogens is 2. The molecular formula is C37H51ClFN3O7. The van der Waals surface area contributed by atoms with Crippen LogP contribution in [0.2, 0.25) is 5.02 Å². The Bertz CT molecular complexity index is 1470. The predicted molar refractivity (Wildman–Crippen MR) is 187 cm³/mol. The van der Waals surface area contributed by atoms with Crippen molar-refractivity contribution >= 4 is 29.5 Å². The number of aliphatic hydroxyl groups excluding tert-OH is 1. The molecule has 1 atom stereocenters. The Kier molecular flexibility index (Phi) is 13.3. The highest BCUT2D eigenvalue weighted by atomic mass is 35.5. The highest BCUT2D eigenvalue weighted by Crippen LogP contribution is 2.38. The minimum Gasteiger partial charge on any atom is -0.493 e. The highest BCUT2D eigenvalue weighted by Gasteiger charge is 2.35. The summed E-state index contributed by atoms with van der Waals surface area (Å²) in [5, 5.41) is 9.60. The summed E-state index contributed by atoms with van der Waals surface area (Å²) in [4.78, 5) is 45.8. The third-order valence-electron chi connectivity index (χ3n) is 8.95. The number of benzene rings is 2. The van der Waals surface area contributed by atoms with Gasteiger partial charge in [-0.25, -0.2) is 9.18 Å². The number of piperidine rings is 2. The molecule has 2 heterocycles. The summed E-state index contributed by atoms with van der Waals surface area (Å²) < 4.78 is 32.5. The lowest BCUT2D eigenvalue weighted by atomic mass is 9.96. The molecule has 2 aromatic rings. The second kappa shape index (κ2) is 17.0. The molecule has 270 valence electrons. The molecule has 3 amide bonds. The number of amides is 3. The summed E-state index contributed by atoms with van der Waals surface area (Å²) in [6.45, 7) is 11.9. The third kappa shape index (κ3) is 9.86. The summed E-state index contributed by atoms with van der Waals surface area (Å²) in [7, 11) is 1.59. The quantitative estimate of drug-likeness (QED) is 0.261. The van der Waals surface area contributed by atoms with Crippen LogP contribution >= 0.6 is 11.6 Å². The molecule has 4 rings (SSSR count). The van der Waals surface area contributed by atoms with Gasteiger partial charge in [0.1, 0.15) is 17.2 Å². The summed E-state index contributed by atoms with van der Waals surface area (Å²) in [6.07, 6.45) is 2.94. The number of rotatable bonds is 11. The number of aliphatic hydroxyl groups is 1. The molecule has 10 nitrogen and oxygen atoms in total. The van der Waals surface area contributed by atoms with Crippen molar-refractivity contribution in [2.24, 2.45) is 5.92 Å². The molecule has 0 bridgehead atoms. The average Bonchev–Trinajstić information content (AvgIpc) is 3.06. The molecule has 0 radical (unpaired) electrons. The number of hydrogen-bond acceptors (Lipinski definition) is 7. The van der Waals surface area contributed by atoms with Gasteiger partial charge in [-0.1, -0.05) is 11.6 Å². The predicted octanol–water partition coefficient (Wildman–Crippen LogP) is 6.66. The summed E-state index contributed by atoms with van der Waals surface area (Å²) in [5.74, 6) is -0.708. The van der Waals surface area contributed by atoms with Crippen LogP contribution in [0.25, 0.3) is 11.1 Å². The topological polar surface area (TPSA) is 109 Å². The van der Waals surface area contributed by atoms with Crippen molar-refractivity contribution in [3.8, 4) is 16.9 Å². The molecule has 1 N–H and O–H groups in total. The van der Waals surface area contributed by atoms with Gasteiger partial charge in [0.05, 0.1) is 23.2 Å². The van der Waals surface area contributed by atoms with Gasteiger partial charge < -0.3 is 34.0 Å². The Balaban J connectivity index is 1.67. The van der Waals surface area contributed by atoms with Crippen LogP contribution in [0.3, 0.4) is 0 Å². The molecule has 0 spiro atoms. The van der Waals surface area contributed by atoms with E-state index in [0.29, 0.717) is 76.0 Å². The SMILES string of the molecule is COCCCOc1cc(C(=O)N(C(C)C)[C@@H]2CCCN(C(=O)OC(C)(C)C)C2)c(Cl)cc1-c1cc(C(=O)N2CCC(CO)CC2)ccc1F. The van der Waals surface area contributed by atoms with Gasteiger partial charge in [0.2, 0.25) is 0 Å². The first-order chi connectivity index (χ1) is 23.2. The van der Waals surface area contributed by atoms with Gasteiger partial charge in [0, 0.05) is 75.7 Å². The molecule has 12 heteroatoms. The van der Waals surface area contributed by atoms with Crippen LogP contribution in [0, 0.1) is 11.7 Å². The second-order valence-electron chi connectivity index (χ2n) is 14.2. The average molecular weight is 704 g/mol. The van der Waals surface area contributed by atoms with Gasteiger partial charge in [-0.05, 0) is 96.6 Å². The van der Waals surface area contributed by atoms with Crippen LogP contribution in [-0.2, 0) is 9.47 Å². The van der Waals surface area contributed by atoms with Crippen LogP contribution in [0.1, 0.15) is 87.4 Å². The Morgan fingerprint density at radius 1 is 1.02 bits per heavy atom. The van der Waals surface area contributed by atoms with Crippen molar-refractivity contribution in [3.63, 3.8) is 0 Å². The van der Waals surface area contributed by atoms with Crippen molar-refractivity contribution in [2.75, 3.05) is 53.1 Å². The number of carbonyl (C=O) groups excluding carboxylic acids is 3. The molecule has 0 aliphatic carbocycles. The maximum atomic E-state index is 15.6. The van der Waals surface area contributed by atoms with Crippen LogP contribution in [0.5, 0.6) is 5.75 Å². The lowest BCUT2D eigenvalue weighted by Crippen LogP contribution is -2.54. The first-order valence-electron chi connectivity index (χ1n) is 17.2. The fraction of sp³-hybridized carbons (Fsp3) is 0.595. The first kappa shape index (κ1) is 38.4. The zero-order valence-electron chi connectivity index (χ0n) is 29.6. The molecule has 0 aromatic heterocycles. The minimum absolute atomic E-state index is 0.0925. The van der Waals surface area contributed by atoms with Crippen LogP contribution in [-0.4, -0.2) is 109 Å². The fourth-order valence-electron chi connectivity index (χ4n) is 6.43. The number of likely N-dealkylation sites (tertiary alicyclic amines) is 2. The summed E-state index contributed by atoms with van der Waals surface area (Å²) >= 11 is 6.85. The fourth-order valence-corrected chi connectivity index (χ4v) is 6.68. The zero-order valence-corrected chi connectivity index (χ0v) is 30.4. The number of nitrogens with zero attached hydrogens (tertiary/aromatic N) is 3. The molecule has 2 fully saturated rings. The Hall–Kier alpha value is -3.41. The van der Waals surface area contributed by atoms with Gasteiger partial charge in [0.15, 0.2) is 0 Å². The maximum Gasteiger partial charge on any atom is 0.410 e. The van der Waals surface area contributed by atoms with Crippen molar-refractivity contribution in [1.82, 2.24) is 14.7 Å². The number of ether oxygens (including phenoxy) is 3. The monoisotopic (exact) mass is 703 g/mol. The lowest BCUT2D eigenvalue weighted by Gasteiger charge is -2.41. The van der Waals surface area contributed by atoms with Crippen LogP contribution < -0.4 is 4.74 Å². The van der Waals surface area contributed by atoms with Crippen molar-refractivity contribution in [3.05, 3.63) is 52.3 Å². The van der Waals surface area contributed by atoms with E-state index in [1.165, 1.54) is 24.3 Å². The molecule has 2 aliphatic rings. The molecule has 2 aliphatic heterocycles. The van der Waals surface area contributed by atoms with Gasteiger partial charge >= 0.3 is 6.09 Å². The van der Waals surface area contributed by atoms with E-state index in [1.54, 1.807) is 27.9 Å². The Morgan fingerprint density at radius 2 is 1.73 bits per heavy atom. The third-order valence-corrected chi connectivity index (χ3v) is 9.26. The molecule has 0 saturated carbocycles. The number of hydrogen-bond donors (Lipinski definition) is 1. The van der Waals surface area contributed by atoms with E-state index in [0.717, 1.165) is 0 Å². The van der Waals surface area contributed by atoms with E-state index in [-0.39, 0.29) is 64.9 Å². The smallest absolute Gasteiger partial charge is 0.410 e. The molecule has 49 heavy (non-hydrogen) atoms. The largest absolute Gasteiger partial charge is 0.493 e.